The van der Waals surface area contributed by atoms with E-state index in [-0.39, 0.29) is 25.7 Å². The first-order valence-electron chi connectivity index (χ1n) is 39.7. The Bertz CT molecular complexity index is 1890. The number of carbonyl (C=O) groups is 4. The summed E-state index contributed by atoms with van der Waals surface area (Å²) < 4.78 is 68.6. The van der Waals surface area contributed by atoms with Crippen LogP contribution in [0.5, 0.6) is 0 Å². The van der Waals surface area contributed by atoms with E-state index in [9.17, 15) is 43.2 Å². The third-order valence-corrected chi connectivity index (χ3v) is 20.1. The van der Waals surface area contributed by atoms with E-state index in [0.29, 0.717) is 25.7 Å². The molecule has 0 bridgehead atoms. The molecule has 0 heterocycles. The molecular weight excluding hydrogens is 1260 g/mol. The molecule has 0 aromatic heterocycles. The number of hydrogen-bond acceptors (Lipinski definition) is 15. The molecule has 0 aromatic rings. The molecule has 17 nitrogen and oxygen atoms in total. The first-order chi connectivity index (χ1) is 46.1. The summed E-state index contributed by atoms with van der Waals surface area (Å²) in [4.78, 5) is 72.9. The summed E-state index contributed by atoms with van der Waals surface area (Å²) in [5.41, 5.74) is 0. The van der Waals surface area contributed by atoms with Gasteiger partial charge in [-0.3, -0.25) is 37.3 Å². The second-order valence-electron chi connectivity index (χ2n) is 29.4. The maximum atomic E-state index is 13.1. The number of esters is 4. The van der Waals surface area contributed by atoms with Crippen LogP contribution in [0, 0.1) is 23.7 Å². The summed E-state index contributed by atoms with van der Waals surface area (Å²) in [6, 6.07) is 0. The van der Waals surface area contributed by atoms with Gasteiger partial charge >= 0.3 is 39.5 Å². The molecule has 0 saturated carbocycles. The lowest BCUT2D eigenvalue weighted by Gasteiger charge is -2.21. The van der Waals surface area contributed by atoms with E-state index in [4.69, 9.17) is 37.0 Å². The van der Waals surface area contributed by atoms with Crippen LogP contribution in [0.3, 0.4) is 0 Å². The van der Waals surface area contributed by atoms with Crippen molar-refractivity contribution < 1.29 is 80.2 Å². The summed E-state index contributed by atoms with van der Waals surface area (Å²) >= 11 is 0. The third-order valence-electron chi connectivity index (χ3n) is 18.2. The molecule has 19 heteroatoms. The number of aliphatic hydroxyl groups is 1. The second kappa shape index (κ2) is 66.3. The zero-order valence-corrected chi connectivity index (χ0v) is 64.8. The summed E-state index contributed by atoms with van der Waals surface area (Å²) in [6.07, 6.45) is 51.2. The highest BCUT2D eigenvalue weighted by Gasteiger charge is 2.30. The fourth-order valence-electron chi connectivity index (χ4n) is 11.7. The van der Waals surface area contributed by atoms with Gasteiger partial charge in [0.05, 0.1) is 26.4 Å². The van der Waals surface area contributed by atoms with E-state index in [1.165, 1.54) is 193 Å². The van der Waals surface area contributed by atoms with Crippen molar-refractivity contribution in [3.05, 3.63) is 0 Å². The van der Waals surface area contributed by atoms with Crippen LogP contribution < -0.4 is 0 Å². The Kier molecular flexibility index (Phi) is 65.0. The molecule has 0 spiro atoms. The molecule has 0 saturated heterocycles. The smallest absolute Gasteiger partial charge is 0.462 e. The molecular formula is C77H150O17P2. The quantitative estimate of drug-likeness (QED) is 0.0222. The maximum absolute atomic E-state index is 13.1. The van der Waals surface area contributed by atoms with Gasteiger partial charge in [0.1, 0.15) is 19.3 Å². The van der Waals surface area contributed by atoms with Crippen LogP contribution in [-0.4, -0.2) is 96.7 Å². The highest BCUT2D eigenvalue weighted by molar-refractivity contribution is 7.47. The fourth-order valence-corrected chi connectivity index (χ4v) is 13.3. The van der Waals surface area contributed by atoms with Gasteiger partial charge in [0.15, 0.2) is 12.2 Å². The summed E-state index contributed by atoms with van der Waals surface area (Å²) in [5, 5.41) is 10.6. The average molecular weight is 1410 g/mol. The van der Waals surface area contributed by atoms with Crippen molar-refractivity contribution in [2.75, 3.05) is 39.6 Å². The predicted octanol–water partition coefficient (Wildman–Crippen LogP) is 22.4. The van der Waals surface area contributed by atoms with E-state index < -0.39 is 97.5 Å². The minimum Gasteiger partial charge on any atom is -0.462 e. The van der Waals surface area contributed by atoms with Crippen molar-refractivity contribution in [3.63, 3.8) is 0 Å². The molecule has 0 aromatic carbocycles. The highest BCUT2D eigenvalue weighted by Crippen LogP contribution is 2.45. The van der Waals surface area contributed by atoms with Crippen molar-refractivity contribution >= 4 is 39.5 Å². The van der Waals surface area contributed by atoms with E-state index in [0.717, 1.165) is 114 Å². The molecule has 0 rings (SSSR count). The van der Waals surface area contributed by atoms with Crippen LogP contribution in [0.2, 0.25) is 0 Å². The number of phosphoric acid groups is 2. The Labute approximate surface area is 588 Å². The molecule has 3 unspecified atom stereocenters. The number of hydrogen-bond donors (Lipinski definition) is 3. The van der Waals surface area contributed by atoms with Crippen LogP contribution in [0.4, 0.5) is 0 Å². The Morgan fingerprint density at radius 2 is 0.500 bits per heavy atom. The van der Waals surface area contributed by atoms with E-state index in [2.05, 4.69) is 55.4 Å². The highest BCUT2D eigenvalue weighted by atomic mass is 31.2. The molecule has 6 atom stereocenters. The van der Waals surface area contributed by atoms with Gasteiger partial charge in [0.25, 0.3) is 0 Å². The standard InChI is InChI=1S/C77H150O17P2/c1-9-70(8)56-48-40-32-24-14-12-10-11-13-15-26-35-43-51-59-76(81)93-72(63-87-74(79)57-49-41-33-25-18-16-21-29-37-45-53-67(2)3)65-91-95(83,84)89-61-71(78)62-90-96(85,86)92-66-73(64-88-75(80)58-50-42-34-28-20-23-31-39-47-55-69(6)7)94-77(82)60-52-44-36-27-19-17-22-30-38-46-54-68(4)5/h67-73,78H,9-66H2,1-8H3,(H,83,84)(H,85,86)/t70?,71-,72-,73-/m1/s1. The third kappa shape index (κ3) is 69.2. The first kappa shape index (κ1) is 94.1. The maximum Gasteiger partial charge on any atom is 0.472 e. The predicted molar refractivity (Wildman–Crippen MR) is 391 cm³/mol. The Hall–Kier alpha value is -1.94. The van der Waals surface area contributed by atoms with Gasteiger partial charge in [0, 0.05) is 25.7 Å². The largest absolute Gasteiger partial charge is 0.472 e. The monoisotopic (exact) mass is 1410 g/mol. The molecule has 0 aliphatic heterocycles. The minimum atomic E-state index is -4.96. The lowest BCUT2D eigenvalue weighted by molar-refractivity contribution is -0.161. The minimum absolute atomic E-state index is 0.105. The summed E-state index contributed by atoms with van der Waals surface area (Å²) in [6.45, 7) is 14.2. The molecule has 0 amide bonds. The lowest BCUT2D eigenvalue weighted by Crippen LogP contribution is -2.30. The van der Waals surface area contributed by atoms with Gasteiger partial charge in [-0.2, -0.15) is 0 Å². The van der Waals surface area contributed by atoms with Crippen molar-refractivity contribution in [1.29, 1.82) is 0 Å². The number of rotatable bonds is 74. The molecule has 0 aliphatic rings. The molecule has 3 N–H and O–H groups in total. The van der Waals surface area contributed by atoms with Crippen molar-refractivity contribution in [2.45, 2.75) is 408 Å². The molecule has 96 heavy (non-hydrogen) atoms. The number of phosphoric ester groups is 2. The summed E-state index contributed by atoms with van der Waals surface area (Å²) in [5.74, 6) is 0.981. The van der Waals surface area contributed by atoms with Crippen LogP contribution in [-0.2, 0) is 65.4 Å². The number of aliphatic hydroxyl groups excluding tert-OH is 1. The lowest BCUT2D eigenvalue weighted by atomic mass is 9.99. The Morgan fingerprint density at radius 3 is 0.740 bits per heavy atom. The van der Waals surface area contributed by atoms with Gasteiger partial charge < -0.3 is 33.8 Å². The average Bonchev–Trinajstić information content (AvgIpc) is 3.21. The molecule has 0 fully saturated rings. The zero-order chi connectivity index (χ0) is 71.0. The fraction of sp³-hybridized carbons (Fsp3) is 0.948. The van der Waals surface area contributed by atoms with Crippen LogP contribution >= 0.6 is 15.6 Å². The first-order valence-corrected chi connectivity index (χ1v) is 42.7. The summed E-state index contributed by atoms with van der Waals surface area (Å²) in [7, 11) is -9.92. The van der Waals surface area contributed by atoms with Crippen LogP contribution in [0.1, 0.15) is 389 Å². The van der Waals surface area contributed by atoms with Gasteiger partial charge in [-0.15, -0.1) is 0 Å². The molecule has 570 valence electrons. The van der Waals surface area contributed by atoms with Gasteiger partial charge in [-0.05, 0) is 49.4 Å². The molecule has 0 aliphatic carbocycles. The van der Waals surface area contributed by atoms with E-state index in [1.807, 2.05) is 0 Å². The topological polar surface area (TPSA) is 237 Å². The normalized spacial score (nSPS) is 14.4. The Morgan fingerprint density at radius 1 is 0.292 bits per heavy atom. The van der Waals surface area contributed by atoms with Crippen LogP contribution in [0.25, 0.3) is 0 Å². The van der Waals surface area contributed by atoms with E-state index >= 15 is 0 Å². The number of ether oxygens (including phenoxy) is 4. The van der Waals surface area contributed by atoms with Crippen molar-refractivity contribution in [3.8, 4) is 0 Å². The van der Waals surface area contributed by atoms with Crippen molar-refractivity contribution in [2.24, 2.45) is 23.7 Å². The molecule has 0 radical (unpaired) electrons. The van der Waals surface area contributed by atoms with E-state index in [1.54, 1.807) is 0 Å². The van der Waals surface area contributed by atoms with Crippen molar-refractivity contribution in [1.82, 2.24) is 0 Å². The van der Waals surface area contributed by atoms with Crippen LogP contribution in [0.15, 0.2) is 0 Å². The van der Waals surface area contributed by atoms with Gasteiger partial charge in [-0.1, -0.05) is 338 Å². The SMILES string of the molecule is CCC(C)CCCCCCCCCCCCCCCCC(=O)O[C@H](COC(=O)CCCCCCCCCCCCC(C)C)COP(=O)(O)OC[C@@H](O)COP(=O)(O)OC[C@@H](COC(=O)CCCCCCCCCCCC(C)C)OC(=O)CCCCCCCCCCCCC(C)C. The number of carbonyl (C=O) groups excluding carboxylic acids is 4. The van der Waals surface area contributed by atoms with Gasteiger partial charge in [-0.25, -0.2) is 9.13 Å². The second-order valence-corrected chi connectivity index (χ2v) is 32.3. The zero-order valence-electron chi connectivity index (χ0n) is 63.0. The number of unbranched alkanes of at least 4 members (excludes halogenated alkanes) is 39. The Balaban J connectivity index is 5.26. The van der Waals surface area contributed by atoms with Gasteiger partial charge in [0.2, 0.25) is 0 Å².